The highest BCUT2D eigenvalue weighted by Crippen LogP contribution is 2.07. The van der Waals surface area contributed by atoms with Crippen molar-refractivity contribution in [1.82, 2.24) is 0 Å². The molecule has 0 N–H and O–H groups in total. The van der Waals surface area contributed by atoms with Gasteiger partial charge < -0.3 is 18.9 Å². The van der Waals surface area contributed by atoms with Gasteiger partial charge >= 0.3 is 23.9 Å². The van der Waals surface area contributed by atoms with Crippen molar-refractivity contribution in [2.75, 3.05) is 20.5 Å². The van der Waals surface area contributed by atoms with Crippen molar-refractivity contribution in [3.8, 4) is 0 Å². The molecule has 0 bridgehead atoms. The minimum Gasteiger partial charge on any atom is -0.466 e. The Morgan fingerprint density at radius 2 is 1.35 bits per heavy atom. The van der Waals surface area contributed by atoms with E-state index in [9.17, 15) is 19.2 Å². The molecule has 23 heavy (non-hydrogen) atoms. The second-order valence-corrected chi connectivity index (χ2v) is 4.12. The van der Waals surface area contributed by atoms with Crippen molar-refractivity contribution in [2.24, 2.45) is 0 Å². The second-order valence-electron chi connectivity index (χ2n) is 4.12. The number of methoxy groups -OCH3 is 1. The second kappa shape index (κ2) is 9.19. The van der Waals surface area contributed by atoms with Crippen LogP contribution in [0, 0.1) is 0 Å². The average molecular weight is 324 g/mol. The standard InChI is InChI=1S/C15H16O8/c1-3-21-12(16)8-13(17)22-9-23-15(19)11-6-4-10(5-7-11)14(18)20-2/h4-7H,3,8-9H2,1-2H3. The van der Waals surface area contributed by atoms with Gasteiger partial charge in [0.2, 0.25) is 6.79 Å². The van der Waals surface area contributed by atoms with Gasteiger partial charge in [-0.2, -0.15) is 0 Å². The molecule has 0 saturated carbocycles. The van der Waals surface area contributed by atoms with Gasteiger partial charge in [-0.15, -0.1) is 0 Å². The number of hydrogen-bond acceptors (Lipinski definition) is 8. The molecule has 0 aromatic heterocycles. The van der Waals surface area contributed by atoms with Crippen LogP contribution in [0.1, 0.15) is 34.1 Å². The molecule has 0 spiro atoms. The Morgan fingerprint density at radius 1 is 0.826 bits per heavy atom. The predicted molar refractivity (Wildman–Crippen MR) is 75.4 cm³/mol. The summed E-state index contributed by atoms with van der Waals surface area (Å²) in [5, 5.41) is 0. The number of ether oxygens (including phenoxy) is 4. The lowest BCUT2D eigenvalue weighted by Crippen LogP contribution is -2.17. The third-order valence-electron chi connectivity index (χ3n) is 2.55. The van der Waals surface area contributed by atoms with Gasteiger partial charge in [0, 0.05) is 0 Å². The van der Waals surface area contributed by atoms with Crippen molar-refractivity contribution < 1.29 is 38.1 Å². The monoisotopic (exact) mass is 324 g/mol. The minimum absolute atomic E-state index is 0.155. The summed E-state index contributed by atoms with van der Waals surface area (Å²) < 4.78 is 18.4. The lowest BCUT2D eigenvalue weighted by atomic mass is 10.1. The van der Waals surface area contributed by atoms with E-state index in [0.717, 1.165) is 0 Å². The van der Waals surface area contributed by atoms with Gasteiger partial charge in [-0.1, -0.05) is 0 Å². The van der Waals surface area contributed by atoms with Gasteiger partial charge in [0.25, 0.3) is 0 Å². The molecule has 0 unspecified atom stereocenters. The highest BCUT2D eigenvalue weighted by Gasteiger charge is 2.13. The zero-order chi connectivity index (χ0) is 17.2. The minimum atomic E-state index is -0.864. The quantitative estimate of drug-likeness (QED) is 0.317. The summed E-state index contributed by atoms with van der Waals surface area (Å²) in [6.45, 7) is 1.13. The molecule has 8 nitrogen and oxygen atoms in total. The van der Waals surface area contributed by atoms with Crippen molar-refractivity contribution in [3.05, 3.63) is 35.4 Å². The lowest BCUT2D eigenvalue weighted by molar-refractivity contribution is -0.159. The fraction of sp³-hybridized carbons (Fsp3) is 0.333. The van der Waals surface area contributed by atoms with Crippen LogP contribution in [0.2, 0.25) is 0 Å². The van der Waals surface area contributed by atoms with E-state index < -0.39 is 37.1 Å². The Balaban J connectivity index is 2.40. The fourth-order valence-electron chi connectivity index (χ4n) is 1.47. The van der Waals surface area contributed by atoms with Gasteiger partial charge in [0.15, 0.2) is 0 Å². The Morgan fingerprint density at radius 3 is 1.87 bits per heavy atom. The Kier molecular flexibility index (Phi) is 7.25. The maximum absolute atomic E-state index is 11.7. The van der Waals surface area contributed by atoms with Crippen LogP contribution in [-0.4, -0.2) is 44.4 Å². The van der Waals surface area contributed by atoms with Crippen LogP contribution in [0.3, 0.4) is 0 Å². The summed E-state index contributed by atoms with van der Waals surface area (Å²) in [7, 11) is 1.25. The molecule has 0 amide bonds. The van der Waals surface area contributed by atoms with Crippen LogP contribution in [0.5, 0.6) is 0 Å². The van der Waals surface area contributed by atoms with Gasteiger partial charge in [-0.3, -0.25) is 9.59 Å². The van der Waals surface area contributed by atoms with Crippen molar-refractivity contribution in [1.29, 1.82) is 0 Å². The van der Waals surface area contributed by atoms with E-state index in [0.29, 0.717) is 0 Å². The number of esters is 4. The highest BCUT2D eigenvalue weighted by molar-refractivity contribution is 5.93. The van der Waals surface area contributed by atoms with E-state index in [4.69, 9.17) is 4.74 Å². The summed E-state index contributed by atoms with van der Waals surface area (Å²) in [5.41, 5.74) is 0.448. The van der Waals surface area contributed by atoms with E-state index in [-0.39, 0.29) is 17.7 Å². The first-order valence-electron chi connectivity index (χ1n) is 6.64. The van der Waals surface area contributed by atoms with Crippen molar-refractivity contribution in [2.45, 2.75) is 13.3 Å². The number of hydrogen-bond donors (Lipinski definition) is 0. The number of carbonyl (C=O) groups excluding carboxylic acids is 4. The summed E-state index contributed by atoms with van der Waals surface area (Å²) in [5.74, 6) is -2.86. The first-order valence-corrected chi connectivity index (χ1v) is 6.64. The number of carbonyl (C=O) groups is 4. The molecule has 0 aliphatic heterocycles. The third kappa shape index (κ3) is 6.16. The van der Waals surface area contributed by atoms with E-state index in [1.54, 1.807) is 6.92 Å². The summed E-state index contributed by atoms with van der Waals surface area (Å²) in [6.07, 6.45) is -0.556. The molecule has 0 fully saturated rings. The molecule has 1 rings (SSSR count). The molecule has 0 heterocycles. The van der Waals surface area contributed by atoms with Gasteiger partial charge in [-0.25, -0.2) is 9.59 Å². The molecule has 0 saturated heterocycles. The number of rotatable bonds is 7. The largest absolute Gasteiger partial charge is 0.466 e. The molecule has 0 aliphatic rings. The highest BCUT2D eigenvalue weighted by atomic mass is 16.7. The summed E-state index contributed by atoms with van der Waals surface area (Å²) in [4.78, 5) is 45.2. The summed E-state index contributed by atoms with van der Waals surface area (Å²) >= 11 is 0. The van der Waals surface area contributed by atoms with Crippen LogP contribution in [-0.2, 0) is 28.5 Å². The molecular weight excluding hydrogens is 308 g/mol. The zero-order valence-electron chi connectivity index (χ0n) is 12.7. The molecule has 1 aromatic rings. The van der Waals surface area contributed by atoms with Crippen molar-refractivity contribution >= 4 is 23.9 Å². The molecule has 0 aliphatic carbocycles. The Bertz CT molecular complexity index is 576. The lowest BCUT2D eigenvalue weighted by Gasteiger charge is -2.06. The van der Waals surface area contributed by atoms with Crippen molar-refractivity contribution in [3.63, 3.8) is 0 Å². The first-order chi connectivity index (χ1) is 11.0. The molecule has 0 radical (unpaired) electrons. The molecule has 0 atom stereocenters. The fourth-order valence-corrected chi connectivity index (χ4v) is 1.47. The van der Waals surface area contributed by atoms with Gasteiger partial charge in [0.05, 0.1) is 24.8 Å². The Hall–Kier alpha value is -2.90. The van der Waals surface area contributed by atoms with E-state index in [1.165, 1.54) is 31.4 Å². The van der Waals surface area contributed by atoms with E-state index >= 15 is 0 Å². The molecular formula is C15H16O8. The SMILES string of the molecule is CCOC(=O)CC(=O)OCOC(=O)c1ccc(C(=O)OC)cc1. The maximum atomic E-state index is 11.7. The van der Waals surface area contributed by atoms with Crippen LogP contribution >= 0.6 is 0 Å². The predicted octanol–water partition coefficient (Wildman–Crippen LogP) is 1.08. The zero-order valence-corrected chi connectivity index (χ0v) is 12.7. The van der Waals surface area contributed by atoms with Gasteiger partial charge in [0.1, 0.15) is 6.42 Å². The maximum Gasteiger partial charge on any atom is 0.340 e. The third-order valence-corrected chi connectivity index (χ3v) is 2.55. The van der Waals surface area contributed by atoms with Crippen LogP contribution < -0.4 is 0 Å². The number of benzene rings is 1. The smallest absolute Gasteiger partial charge is 0.340 e. The normalized spacial score (nSPS) is 9.65. The molecule has 8 heteroatoms. The topological polar surface area (TPSA) is 105 Å². The van der Waals surface area contributed by atoms with Crippen LogP contribution in [0.15, 0.2) is 24.3 Å². The van der Waals surface area contributed by atoms with Gasteiger partial charge in [-0.05, 0) is 31.2 Å². The summed E-state index contributed by atoms with van der Waals surface area (Å²) in [6, 6.07) is 5.54. The van der Waals surface area contributed by atoms with E-state index in [1.807, 2.05) is 0 Å². The molecule has 124 valence electrons. The van der Waals surface area contributed by atoms with Crippen LogP contribution in [0.25, 0.3) is 0 Å². The molecule has 1 aromatic carbocycles. The Labute approximate surface area is 132 Å². The first kappa shape index (κ1) is 18.1. The van der Waals surface area contributed by atoms with E-state index in [2.05, 4.69) is 14.2 Å². The van der Waals surface area contributed by atoms with Crippen LogP contribution in [0.4, 0.5) is 0 Å². The average Bonchev–Trinajstić information content (AvgIpc) is 2.54.